The smallest absolute Gasteiger partial charge is 0.444 e. The van der Waals surface area contributed by atoms with Crippen LogP contribution in [-0.2, 0) is 4.74 Å². The number of amides is 1. The van der Waals surface area contributed by atoms with Gasteiger partial charge in [0, 0.05) is 17.2 Å². The molecule has 1 amide bonds. The van der Waals surface area contributed by atoms with Gasteiger partial charge in [-0.2, -0.15) is 0 Å². The minimum absolute atomic E-state index is 0.222. The largest absolute Gasteiger partial charge is 0.448 e. The van der Waals surface area contributed by atoms with Crippen LogP contribution < -0.4 is 5.43 Å². The van der Waals surface area contributed by atoms with Crippen LogP contribution in [0.4, 0.5) is 10.6 Å². The number of hydrazine groups is 1. The molecule has 0 aliphatic heterocycles. The maximum Gasteiger partial charge on any atom is 0.444 e. The van der Waals surface area contributed by atoms with E-state index in [1.165, 1.54) is 6.33 Å². The zero-order chi connectivity index (χ0) is 13.8. The molecule has 0 bridgehead atoms. The quantitative estimate of drug-likeness (QED) is 0.696. The molecule has 0 saturated heterocycles. The summed E-state index contributed by atoms with van der Waals surface area (Å²) in [5, 5.41) is 1.13. The van der Waals surface area contributed by atoms with Crippen molar-refractivity contribution < 1.29 is 9.53 Å². The van der Waals surface area contributed by atoms with Crippen LogP contribution in [-0.4, -0.2) is 27.2 Å². The predicted molar refractivity (Wildman–Crippen MR) is 72.9 cm³/mol. The third-order valence-electron chi connectivity index (χ3n) is 2.25. The minimum Gasteiger partial charge on any atom is -0.448 e. The number of fused-ring (bicyclic) bond motifs is 1. The number of aromatic nitrogens is 2. The zero-order valence-electron chi connectivity index (χ0n) is 9.93. The Bertz CT molecular complexity index is 608. The second-order valence-corrected chi connectivity index (χ2v) is 4.20. The standard InChI is InChI=1S/C11H10Cl2N4O2/c1-2-19-11(18)17(13)16-10-7-4-3-5-8(12)9(7)14-6-15-10/h3-6H,2H2,1H3,(H,14,15,16). The summed E-state index contributed by atoms with van der Waals surface area (Å²) in [6.07, 6.45) is 0.602. The van der Waals surface area contributed by atoms with Gasteiger partial charge in [0.05, 0.1) is 17.1 Å². The molecule has 1 aromatic heterocycles. The Labute approximate surface area is 119 Å². The molecule has 0 atom stereocenters. The summed E-state index contributed by atoms with van der Waals surface area (Å²) in [5.41, 5.74) is 3.18. The Hall–Kier alpha value is -1.79. The molecule has 0 radical (unpaired) electrons. The lowest BCUT2D eigenvalue weighted by Gasteiger charge is -2.15. The number of carbonyl (C=O) groups excluding carboxylic acids is 1. The number of nitrogens with zero attached hydrogens (tertiary/aromatic N) is 3. The lowest BCUT2D eigenvalue weighted by atomic mass is 10.2. The molecule has 100 valence electrons. The van der Waals surface area contributed by atoms with Gasteiger partial charge >= 0.3 is 6.09 Å². The maximum absolute atomic E-state index is 11.4. The van der Waals surface area contributed by atoms with E-state index in [-0.39, 0.29) is 6.61 Å². The second-order valence-electron chi connectivity index (χ2n) is 3.45. The van der Waals surface area contributed by atoms with Gasteiger partial charge in [-0.1, -0.05) is 17.7 Å². The van der Waals surface area contributed by atoms with E-state index in [2.05, 4.69) is 15.4 Å². The van der Waals surface area contributed by atoms with Crippen molar-refractivity contribution in [2.45, 2.75) is 6.92 Å². The summed E-state index contributed by atoms with van der Waals surface area (Å²) in [6.45, 7) is 1.91. The van der Waals surface area contributed by atoms with Gasteiger partial charge in [0.1, 0.15) is 6.33 Å². The predicted octanol–water partition coefficient (Wildman–Crippen LogP) is 3.22. The van der Waals surface area contributed by atoms with Crippen LogP contribution >= 0.6 is 23.4 Å². The summed E-state index contributed by atoms with van der Waals surface area (Å²) in [6, 6.07) is 5.23. The molecule has 0 aliphatic rings. The van der Waals surface area contributed by atoms with E-state index in [0.717, 1.165) is 0 Å². The molecule has 0 fully saturated rings. The number of anilines is 1. The first kappa shape index (κ1) is 13.6. The number of hydrogen-bond acceptors (Lipinski definition) is 5. The number of halogens is 2. The molecule has 0 unspecified atom stereocenters. The molecular weight excluding hydrogens is 291 g/mol. The highest BCUT2D eigenvalue weighted by Crippen LogP contribution is 2.25. The lowest BCUT2D eigenvalue weighted by molar-refractivity contribution is 0.136. The molecule has 1 N–H and O–H groups in total. The van der Waals surface area contributed by atoms with E-state index in [1.54, 1.807) is 25.1 Å². The molecule has 19 heavy (non-hydrogen) atoms. The van der Waals surface area contributed by atoms with E-state index >= 15 is 0 Å². The summed E-state index contributed by atoms with van der Waals surface area (Å²) in [4.78, 5) is 19.5. The summed E-state index contributed by atoms with van der Waals surface area (Å²) >= 11 is 11.8. The fourth-order valence-electron chi connectivity index (χ4n) is 1.46. The molecule has 2 aromatic rings. The van der Waals surface area contributed by atoms with Crippen molar-refractivity contribution in [3.05, 3.63) is 29.5 Å². The average molecular weight is 301 g/mol. The van der Waals surface area contributed by atoms with Crippen molar-refractivity contribution in [2.24, 2.45) is 0 Å². The van der Waals surface area contributed by atoms with Crippen LogP contribution in [0.15, 0.2) is 24.5 Å². The average Bonchev–Trinajstić information content (AvgIpc) is 2.40. The molecule has 0 saturated carbocycles. The number of benzene rings is 1. The number of rotatable bonds is 3. The molecular formula is C11H10Cl2N4O2. The lowest BCUT2D eigenvalue weighted by Crippen LogP contribution is -2.28. The molecule has 0 spiro atoms. The van der Waals surface area contributed by atoms with Crippen LogP contribution in [0.25, 0.3) is 10.9 Å². The van der Waals surface area contributed by atoms with Crippen molar-refractivity contribution in [3.63, 3.8) is 0 Å². The Balaban J connectivity index is 2.31. The van der Waals surface area contributed by atoms with Gasteiger partial charge in [0.2, 0.25) is 0 Å². The van der Waals surface area contributed by atoms with Gasteiger partial charge in [0.25, 0.3) is 0 Å². The van der Waals surface area contributed by atoms with Gasteiger partial charge < -0.3 is 4.74 Å². The van der Waals surface area contributed by atoms with Gasteiger partial charge in [0.15, 0.2) is 5.82 Å². The summed E-state index contributed by atoms with van der Waals surface area (Å²) in [7, 11) is 0. The van der Waals surface area contributed by atoms with E-state index in [0.29, 0.717) is 26.3 Å². The van der Waals surface area contributed by atoms with Crippen LogP contribution in [0.3, 0.4) is 0 Å². The molecule has 8 heteroatoms. The van der Waals surface area contributed by atoms with Gasteiger partial charge in [-0.25, -0.2) is 14.8 Å². The zero-order valence-corrected chi connectivity index (χ0v) is 11.4. The summed E-state index contributed by atoms with van der Waals surface area (Å²) in [5.74, 6) is 0.357. The van der Waals surface area contributed by atoms with Crippen LogP contribution in [0.1, 0.15) is 6.92 Å². The topological polar surface area (TPSA) is 67.3 Å². The highest BCUT2D eigenvalue weighted by Gasteiger charge is 2.14. The van der Waals surface area contributed by atoms with Crippen molar-refractivity contribution in [3.8, 4) is 0 Å². The monoisotopic (exact) mass is 300 g/mol. The number of hydrogen-bond donors (Lipinski definition) is 1. The first-order valence-corrected chi connectivity index (χ1v) is 6.13. The van der Waals surface area contributed by atoms with Gasteiger partial charge in [-0.15, -0.1) is 4.53 Å². The fourth-order valence-corrected chi connectivity index (χ4v) is 1.81. The number of ether oxygens (including phenoxy) is 1. The van der Waals surface area contributed by atoms with Crippen LogP contribution in [0.5, 0.6) is 0 Å². The Morgan fingerprint density at radius 1 is 1.47 bits per heavy atom. The van der Waals surface area contributed by atoms with E-state index < -0.39 is 6.09 Å². The number of nitrogens with one attached hydrogen (secondary N) is 1. The van der Waals surface area contributed by atoms with Crippen LogP contribution in [0, 0.1) is 0 Å². The highest BCUT2D eigenvalue weighted by atomic mass is 35.5. The van der Waals surface area contributed by atoms with E-state index in [1.807, 2.05) is 0 Å². The Morgan fingerprint density at radius 3 is 3.00 bits per heavy atom. The molecule has 1 heterocycles. The number of carbonyl (C=O) groups is 1. The first-order chi connectivity index (χ1) is 9.13. The molecule has 2 rings (SSSR count). The third kappa shape index (κ3) is 2.97. The molecule has 0 aliphatic carbocycles. The highest BCUT2D eigenvalue weighted by molar-refractivity contribution is 6.35. The first-order valence-electron chi connectivity index (χ1n) is 5.42. The summed E-state index contributed by atoms with van der Waals surface area (Å²) < 4.78 is 5.42. The SMILES string of the molecule is CCOC(=O)N(Cl)Nc1ncnc2c(Cl)cccc12. The maximum atomic E-state index is 11.4. The van der Waals surface area contributed by atoms with Crippen molar-refractivity contribution >= 4 is 46.2 Å². The van der Waals surface area contributed by atoms with Crippen LogP contribution in [0.2, 0.25) is 5.02 Å². The van der Waals surface area contributed by atoms with E-state index in [9.17, 15) is 4.79 Å². The van der Waals surface area contributed by atoms with E-state index in [4.69, 9.17) is 28.1 Å². The number of para-hydroxylation sites is 1. The Kier molecular flexibility index (Phi) is 4.24. The molecule has 1 aromatic carbocycles. The third-order valence-corrected chi connectivity index (χ3v) is 2.78. The Morgan fingerprint density at radius 2 is 2.26 bits per heavy atom. The van der Waals surface area contributed by atoms with Crippen molar-refractivity contribution in [2.75, 3.05) is 12.0 Å². The second kappa shape index (κ2) is 5.90. The minimum atomic E-state index is -0.724. The molecule has 6 nitrogen and oxygen atoms in total. The van der Waals surface area contributed by atoms with Crippen molar-refractivity contribution in [1.82, 2.24) is 14.5 Å². The van der Waals surface area contributed by atoms with Crippen molar-refractivity contribution in [1.29, 1.82) is 0 Å². The normalized spacial score (nSPS) is 10.3. The fraction of sp³-hybridized carbons (Fsp3) is 0.182. The van der Waals surface area contributed by atoms with Gasteiger partial charge in [-0.05, 0) is 19.1 Å². The van der Waals surface area contributed by atoms with Gasteiger partial charge in [-0.3, -0.25) is 5.43 Å².